The van der Waals surface area contributed by atoms with E-state index < -0.39 is 21.4 Å². The molecule has 1 N–H and O–H groups in total. The molecule has 0 amide bonds. The molecule has 0 saturated carbocycles. The van der Waals surface area contributed by atoms with Crippen LogP contribution in [0.15, 0.2) is 36.7 Å². The molecule has 1 aliphatic heterocycles. The first-order valence-electron chi connectivity index (χ1n) is 10.6. The van der Waals surface area contributed by atoms with Crippen molar-refractivity contribution in [3.8, 4) is 11.4 Å². The molecule has 0 bridgehead atoms. The van der Waals surface area contributed by atoms with E-state index in [0.717, 1.165) is 12.8 Å². The third-order valence-electron chi connectivity index (χ3n) is 5.53. The summed E-state index contributed by atoms with van der Waals surface area (Å²) >= 11 is 5.86. The number of hydrogen-bond acceptors (Lipinski definition) is 9. The molecule has 182 valence electrons. The number of halogens is 1. The van der Waals surface area contributed by atoms with E-state index in [1.54, 1.807) is 16.7 Å². The highest BCUT2D eigenvalue weighted by Gasteiger charge is 2.35. The standard InChI is InChI=1S/C21H25ClN6O5S/c1-13(18(32-3)19-23-11-14(22)12-24-19)34(29,30)27-21-26-25-20(17-9-6-10-33-17)28(21)15-7-4-5-8-16(15)31-2/h4-5,7-8,11-13,17-18H,6,9-10H2,1-3H3,(H,26,27)/t13-,17-,18-/m0/s1. The van der Waals surface area contributed by atoms with Crippen molar-refractivity contribution in [3.05, 3.63) is 53.3 Å². The van der Waals surface area contributed by atoms with Gasteiger partial charge in [0.05, 0.1) is 17.8 Å². The third kappa shape index (κ3) is 4.85. The van der Waals surface area contributed by atoms with E-state index in [0.29, 0.717) is 28.9 Å². The predicted molar refractivity (Wildman–Crippen MR) is 125 cm³/mol. The molecule has 1 aliphatic rings. The summed E-state index contributed by atoms with van der Waals surface area (Å²) in [4.78, 5) is 8.22. The Labute approximate surface area is 202 Å². The molecule has 0 radical (unpaired) electrons. The summed E-state index contributed by atoms with van der Waals surface area (Å²) in [6.07, 6.45) is 3.12. The Bertz CT molecular complexity index is 1230. The van der Waals surface area contributed by atoms with Crippen LogP contribution in [0.3, 0.4) is 0 Å². The Morgan fingerprint density at radius 3 is 2.59 bits per heavy atom. The van der Waals surface area contributed by atoms with Crippen LogP contribution in [-0.2, 0) is 19.5 Å². The summed E-state index contributed by atoms with van der Waals surface area (Å²) in [5.41, 5.74) is 0.579. The molecule has 1 aromatic carbocycles. The smallest absolute Gasteiger partial charge is 0.243 e. The van der Waals surface area contributed by atoms with Crippen molar-refractivity contribution < 1.29 is 22.6 Å². The maximum Gasteiger partial charge on any atom is 0.243 e. The second-order valence-corrected chi connectivity index (χ2v) is 10.1. The largest absolute Gasteiger partial charge is 0.495 e. The highest BCUT2D eigenvalue weighted by atomic mass is 35.5. The lowest BCUT2D eigenvalue weighted by Gasteiger charge is -2.22. The Morgan fingerprint density at radius 2 is 1.94 bits per heavy atom. The second kappa shape index (κ2) is 10.2. The van der Waals surface area contributed by atoms with E-state index >= 15 is 0 Å². The molecular formula is C21H25ClN6O5S. The number of aromatic nitrogens is 5. The highest BCUT2D eigenvalue weighted by molar-refractivity contribution is 7.93. The van der Waals surface area contributed by atoms with Gasteiger partial charge in [-0.1, -0.05) is 23.7 Å². The van der Waals surface area contributed by atoms with E-state index in [1.165, 1.54) is 33.5 Å². The molecule has 0 unspecified atom stereocenters. The first-order chi connectivity index (χ1) is 16.4. The van der Waals surface area contributed by atoms with Crippen molar-refractivity contribution in [2.24, 2.45) is 0 Å². The van der Waals surface area contributed by atoms with Crippen LogP contribution in [0.1, 0.15) is 43.6 Å². The normalized spacial score (nSPS) is 17.9. The van der Waals surface area contributed by atoms with Crippen molar-refractivity contribution >= 4 is 27.6 Å². The van der Waals surface area contributed by atoms with Gasteiger partial charge in [-0.2, -0.15) is 0 Å². The van der Waals surface area contributed by atoms with Crippen LogP contribution in [0.4, 0.5) is 5.95 Å². The number of ether oxygens (including phenoxy) is 3. The molecule has 11 nitrogen and oxygen atoms in total. The molecule has 0 spiro atoms. The number of benzene rings is 1. The average molecular weight is 509 g/mol. The monoisotopic (exact) mass is 508 g/mol. The lowest BCUT2D eigenvalue weighted by molar-refractivity contribution is 0.0950. The maximum absolute atomic E-state index is 13.4. The minimum atomic E-state index is -4.04. The summed E-state index contributed by atoms with van der Waals surface area (Å²) in [6, 6.07) is 7.20. The minimum Gasteiger partial charge on any atom is -0.495 e. The fourth-order valence-electron chi connectivity index (χ4n) is 3.76. The Balaban J connectivity index is 1.72. The fourth-order valence-corrected chi connectivity index (χ4v) is 4.99. The van der Waals surface area contributed by atoms with Gasteiger partial charge in [-0.15, -0.1) is 10.2 Å². The number of rotatable bonds is 9. The first kappa shape index (κ1) is 24.3. The first-order valence-corrected chi connectivity index (χ1v) is 12.5. The van der Waals surface area contributed by atoms with Crippen molar-refractivity contribution in [1.29, 1.82) is 0 Å². The van der Waals surface area contributed by atoms with Crippen molar-refractivity contribution in [3.63, 3.8) is 0 Å². The molecule has 1 fully saturated rings. The SMILES string of the molecule is COc1ccccc1-n1c(NS(=O)(=O)[C@@H](C)[C@H](OC)c2ncc(Cl)cn2)nnc1[C@@H]1CCCO1. The van der Waals surface area contributed by atoms with Gasteiger partial charge in [-0.05, 0) is 31.9 Å². The number of para-hydroxylation sites is 2. The summed E-state index contributed by atoms with van der Waals surface area (Å²) in [5.74, 6) is 1.21. The number of methoxy groups -OCH3 is 2. The van der Waals surface area contributed by atoms with E-state index in [-0.39, 0.29) is 17.9 Å². The van der Waals surface area contributed by atoms with Crippen molar-refractivity contribution in [2.45, 2.75) is 37.2 Å². The van der Waals surface area contributed by atoms with Crippen LogP contribution in [0.25, 0.3) is 5.69 Å². The van der Waals surface area contributed by atoms with Crippen LogP contribution < -0.4 is 9.46 Å². The molecular weight excluding hydrogens is 484 g/mol. The minimum absolute atomic E-state index is 0.00808. The van der Waals surface area contributed by atoms with Crippen LogP contribution in [0, 0.1) is 0 Å². The summed E-state index contributed by atoms with van der Waals surface area (Å²) in [5, 5.41) is 7.66. The quantitative estimate of drug-likeness (QED) is 0.463. The van der Waals surface area contributed by atoms with Gasteiger partial charge in [0.25, 0.3) is 0 Å². The van der Waals surface area contributed by atoms with E-state index in [9.17, 15) is 8.42 Å². The summed E-state index contributed by atoms with van der Waals surface area (Å²) in [7, 11) is -1.11. The zero-order chi connectivity index (χ0) is 24.3. The number of nitrogens with one attached hydrogen (secondary N) is 1. The number of hydrogen-bond donors (Lipinski definition) is 1. The molecule has 34 heavy (non-hydrogen) atoms. The molecule has 3 heterocycles. The van der Waals surface area contributed by atoms with Crippen LogP contribution in [-0.4, -0.2) is 59.2 Å². The van der Waals surface area contributed by atoms with Crippen LogP contribution in [0.5, 0.6) is 5.75 Å². The summed E-state index contributed by atoms with van der Waals surface area (Å²) in [6.45, 7) is 2.09. The number of anilines is 1. The van der Waals surface area contributed by atoms with Crippen molar-refractivity contribution in [2.75, 3.05) is 25.5 Å². The molecule has 0 aliphatic carbocycles. The lowest BCUT2D eigenvalue weighted by atomic mass is 10.2. The maximum atomic E-state index is 13.4. The molecule has 3 atom stereocenters. The zero-order valence-corrected chi connectivity index (χ0v) is 20.5. The van der Waals surface area contributed by atoms with Crippen molar-refractivity contribution in [1.82, 2.24) is 24.7 Å². The van der Waals surface area contributed by atoms with E-state index in [4.69, 9.17) is 25.8 Å². The van der Waals surface area contributed by atoms with Crippen LogP contribution in [0.2, 0.25) is 5.02 Å². The third-order valence-corrected chi connectivity index (χ3v) is 7.42. The topological polar surface area (TPSA) is 130 Å². The highest BCUT2D eigenvalue weighted by Crippen LogP contribution is 2.34. The summed E-state index contributed by atoms with van der Waals surface area (Å²) < 4.78 is 47.7. The Hall–Kier alpha value is -2.80. The predicted octanol–water partition coefficient (Wildman–Crippen LogP) is 3.09. The van der Waals surface area contributed by atoms with Gasteiger partial charge in [0.15, 0.2) is 11.6 Å². The van der Waals surface area contributed by atoms with Gasteiger partial charge in [-0.25, -0.2) is 18.4 Å². The molecule has 4 rings (SSSR count). The molecule has 3 aromatic rings. The van der Waals surface area contributed by atoms with E-state index in [2.05, 4.69) is 24.9 Å². The molecule has 1 saturated heterocycles. The van der Waals surface area contributed by atoms with E-state index in [1.807, 2.05) is 12.1 Å². The number of nitrogens with zero attached hydrogens (tertiary/aromatic N) is 5. The van der Waals surface area contributed by atoms with Gasteiger partial charge in [0.1, 0.15) is 23.2 Å². The van der Waals surface area contributed by atoms with Gasteiger partial charge < -0.3 is 14.2 Å². The lowest BCUT2D eigenvalue weighted by Crippen LogP contribution is -2.33. The van der Waals surface area contributed by atoms with Gasteiger partial charge in [0, 0.05) is 26.1 Å². The number of sulfonamides is 1. The molecule has 13 heteroatoms. The van der Waals surface area contributed by atoms with Crippen LogP contribution >= 0.6 is 11.6 Å². The molecule has 2 aromatic heterocycles. The fraction of sp³-hybridized carbons (Fsp3) is 0.429. The van der Waals surface area contributed by atoms with Gasteiger partial charge >= 0.3 is 0 Å². The average Bonchev–Trinajstić information content (AvgIpc) is 3.50. The Morgan fingerprint density at radius 1 is 1.21 bits per heavy atom. The second-order valence-electron chi connectivity index (χ2n) is 7.66. The van der Waals surface area contributed by atoms with Gasteiger partial charge in [-0.3, -0.25) is 9.29 Å². The van der Waals surface area contributed by atoms with Gasteiger partial charge in [0.2, 0.25) is 16.0 Å². The zero-order valence-electron chi connectivity index (χ0n) is 18.9. The Kier molecular flexibility index (Phi) is 7.31.